The summed E-state index contributed by atoms with van der Waals surface area (Å²) in [4.78, 5) is 0. The maximum atomic E-state index is 11.6. The molecule has 0 bridgehead atoms. The van der Waals surface area contributed by atoms with Gasteiger partial charge in [-0.1, -0.05) is 30.3 Å². The van der Waals surface area contributed by atoms with E-state index in [1.165, 1.54) is 7.11 Å². The van der Waals surface area contributed by atoms with E-state index >= 15 is 0 Å². The van der Waals surface area contributed by atoms with Crippen molar-refractivity contribution < 1.29 is 14.1 Å². The second kappa shape index (κ2) is 6.71. The van der Waals surface area contributed by atoms with E-state index in [2.05, 4.69) is 0 Å². The average molecular weight is 228 g/mol. The third-order valence-electron chi connectivity index (χ3n) is 1.91. The molecule has 0 amide bonds. The lowest BCUT2D eigenvalue weighted by Gasteiger charge is -2.08. The molecular weight excluding hydrogens is 212 g/mol. The van der Waals surface area contributed by atoms with E-state index in [-0.39, 0.29) is 12.4 Å². The first-order chi connectivity index (χ1) is 7.22. The van der Waals surface area contributed by atoms with Crippen LogP contribution in [0.1, 0.15) is 5.56 Å². The summed E-state index contributed by atoms with van der Waals surface area (Å²) in [5.74, 6) is 0.754. The number of ether oxygens (including phenoxy) is 1. The van der Waals surface area contributed by atoms with Crippen LogP contribution >= 0.6 is 0 Å². The van der Waals surface area contributed by atoms with Crippen LogP contribution in [0.25, 0.3) is 0 Å². The number of rotatable bonds is 6. The molecule has 15 heavy (non-hydrogen) atoms. The van der Waals surface area contributed by atoms with Crippen LogP contribution < -0.4 is 0 Å². The molecule has 3 nitrogen and oxygen atoms in total. The third-order valence-corrected chi connectivity index (χ3v) is 3.32. The topological polar surface area (TPSA) is 46.5 Å². The van der Waals surface area contributed by atoms with Gasteiger partial charge in [0, 0.05) is 23.7 Å². The number of hydrogen-bond donors (Lipinski definition) is 1. The standard InChI is InChI=1S/C11H16O3S/c1-14-7-11(12)9-15(13)8-10-5-3-2-4-6-10/h2-6,11-12H,7-9H2,1H3. The van der Waals surface area contributed by atoms with E-state index in [1.807, 2.05) is 30.3 Å². The van der Waals surface area contributed by atoms with Crippen molar-refractivity contribution in [2.45, 2.75) is 11.9 Å². The highest BCUT2D eigenvalue weighted by atomic mass is 32.2. The number of methoxy groups -OCH3 is 1. The molecule has 0 heterocycles. The van der Waals surface area contributed by atoms with Crippen LogP contribution in [0.3, 0.4) is 0 Å². The molecule has 84 valence electrons. The first-order valence-electron chi connectivity index (χ1n) is 4.78. The minimum Gasteiger partial charge on any atom is -0.390 e. The molecule has 0 saturated carbocycles. The summed E-state index contributed by atoms with van der Waals surface area (Å²) in [6, 6.07) is 9.61. The van der Waals surface area contributed by atoms with E-state index in [0.29, 0.717) is 5.75 Å². The van der Waals surface area contributed by atoms with Crippen LogP contribution in [-0.2, 0) is 21.3 Å². The zero-order chi connectivity index (χ0) is 11.1. The monoisotopic (exact) mass is 228 g/mol. The molecule has 0 saturated heterocycles. The van der Waals surface area contributed by atoms with Gasteiger partial charge in [-0.25, -0.2) is 0 Å². The third kappa shape index (κ3) is 5.06. The Labute approximate surface area is 92.5 Å². The molecule has 4 heteroatoms. The Morgan fingerprint density at radius 2 is 2.07 bits per heavy atom. The fraction of sp³-hybridized carbons (Fsp3) is 0.455. The number of aliphatic hydroxyl groups is 1. The quantitative estimate of drug-likeness (QED) is 0.788. The first kappa shape index (κ1) is 12.4. The lowest BCUT2D eigenvalue weighted by Crippen LogP contribution is -2.22. The summed E-state index contributed by atoms with van der Waals surface area (Å²) in [5.41, 5.74) is 1.03. The van der Waals surface area contributed by atoms with E-state index < -0.39 is 16.9 Å². The molecule has 0 aromatic heterocycles. The van der Waals surface area contributed by atoms with Crippen molar-refractivity contribution in [1.29, 1.82) is 0 Å². The van der Waals surface area contributed by atoms with Crippen LogP contribution in [-0.4, -0.2) is 34.9 Å². The molecule has 2 atom stereocenters. The van der Waals surface area contributed by atoms with Crippen LogP contribution in [0, 0.1) is 0 Å². The largest absolute Gasteiger partial charge is 0.390 e. The van der Waals surface area contributed by atoms with Gasteiger partial charge < -0.3 is 9.84 Å². The molecule has 0 aliphatic carbocycles. The molecule has 0 aliphatic rings. The SMILES string of the molecule is COCC(O)CS(=O)Cc1ccccc1. The highest BCUT2D eigenvalue weighted by Crippen LogP contribution is 2.04. The van der Waals surface area contributed by atoms with Gasteiger partial charge >= 0.3 is 0 Å². The average Bonchev–Trinajstić information content (AvgIpc) is 2.19. The summed E-state index contributed by atoms with van der Waals surface area (Å²) in [6.07, 6.45) is -0.639. The summed E-state index contributed by atoms with van der Waals surface area (Å²) in [5, 5.41) is 9.38. The van der Waals surface area contributed by atoms with E-state index in [0.717, 1.165) is 5.56 Å². The highest BCUT2D eigenvalue weighted by Gasteiger charge is 2.09. The van der Waals surface area contributed by atoms with Gasteiger partial charge in [0.05, 0.1) is 18.5 Å². The molecular formula is C11H16O3S. The Balaban J connectivity index is 2.36. The van der Waals surface area contributed by atoms with Crippen molar-refractivity contribution >= 4 is 10.8 Å². The minimum absolute atomic E-state index is 0.237. The van der Waals surface area contributed by atoms with Gasteiger partial charge in [-0.05, 0) is 5.56 Å². The zero-order valence-electron chi connectivity index (χ0n) is 8.76. The summed E-state index contributed by atoms with van der Waals surface area (Å²) in [7, 11) is 0.485. The van der Waals surface area contributed by atoms with Crippen molar-refractivity contribution in [2.75, 3.05) is 19.5 Å². The summed E-state index contributed by atoms with van der Waals surface area (Å²) >= 11 is 0. The Morgan fingerprint density at radius 3 is 2.67 bits per heavy atom. The summed E-state index contributed by atoms with van der Waals surface area (Å²) in [6.45, 7) is 0.237. The second-order valence-electron chi connectivity index (χ2n) is 3.35. The van der Waals surface area contributed by atoms with Crippen molar-refractivity contribution in [3.8, 4) is 0 Å². The van der Waals surface area contributed by atoms with Gasteiger partial charge in [-0.3, -0.25) is 4.21 Å². The molecule has 1 aromatic rings. The fourth-order valence-electron chi connectivity index (χ4n) is 1.27. The molecule has 1 aromatic carbocycles. The van der Waals surface area contributed by atoms with E-state index in [1.54, 1.807) is 0 Å². The fourth-order valence-corrected chi connectivity index (χ4v) is 2.48. The van der Waals surface area contributed by atoms with Crippen molar-refractivity contribution in [3.63, 3.8) is 0 Å². The number of benzene rings is 1. The maximum absolute atomic E-state index is 11.6. The molecule has 1 N–H and O–H groups in total. The Hall–Kier alpha value is -0.710. The Bertz CT molecular complexity index is 300. The smallest absolute Gasteiger partial charge is 0.0888 e. The zero-order valence-corrected chi connectivity index (χ0v) is 9.57. The van der Waals surface area contributed by atoms with Gasteiger partial charge in [0.25, 0.3) is 0 Å². The number of aliphatic hydroxyl groups excluding tert-OH is 1. The predicted octanol–water partition coefficient (Wildman–Crippen LogP) is 0.943. The molecule has 0 aliphatic heterocycles. The molecule has 0 radical (unpaired) electrons. The van der Waals surface area contributed by atoms with Crippen molar-refractivity contribution in [1.82, 2.24) is 0 Å². The second-order valence-corrected chi connectivity index (χ2v) is 4.85. The normalized spacial score (nSPS) is 14.8. The lowest BCUT2D eigenvalue weighted by molar-refractivity contribution is 0.0788. The molecule has 0 fully saturated rings. The maximum Gasteiger partial charge on any atom is 0.0888 e. The van der Waals surface area contributed by atoms with Gasteiger partial charge in [0.1, 0.15) is 0 Å². The van der Waals surface area contributed by atoms with Crippen LogP contribution in [0.2, 0.25) is 0 Å². The van der Waals surface area contributed by atoms with Crippen molar-refractivity contribution in [2.24, 2.45) is 0 Å². The van der Waals surface area contributed by atoms with E-state index in [4.69, 9.17) is 4.74 Å². The molecule has 0 spiro atoms. The van der Waals surface area contributed by atoms with Gasteiger partial charge in [0.2, 0.25) is 0 Å². The lowest BCUT2D eigenvalue weighted by atomic mass is 10.2. The number of hydrogen-bond acceptors (Lipinski definition) is 3. The molecule has 1 rings (SSSR count). The highest BCUT2D eigenvalue weighted by molar-refractivity contribution is 7.84. The van der Waals surface area contributed by atoms with E-state index in [9.17, 15) is 9.32 Å². The van der Waals surface area contributed by atoms with Gasteiger partial charge in [-0.2, -0.15) is 0 Å². The van der Waals surface area contributed by atoms with Crippen LogP contribution in [0.15, 0.2) is 30.3 Å². The van der Waals surface area contributed by atoms with Crippen molar-refractivity contribution in [3.05, 3.63) is 35.9 Å². The van der Waals surface area contributed by atoms with Crippen LogP contribution in [0.4, 0.5) is 0 Å². The van der Waals surface area contributed by atoms with Crippen LogP contribution in [0.5, 0.6) is 0 Å². The minimum atomic E-state index is -1.03. The molecule has 2 unspecified atom stereocenters. The predicted molar refractivity (Wildman–Crippen MR) is 61.0 cm³/mol. The first-order valence-corrected chi connectivity index (χ1v) is 6.27. The van der Waals surface area contributed by atoms with Gasteiger partial charge in [-0.15, -0.1) is 0 Å². The Morgan fingerprint density at radius 1 is 1.40 bits per heavy atom. The van der Waals surface area contributed by atoms with Gasteiger partial charge in [0.15, 0.2) is 0 Å². The summed E-state index contributed by atoms with van der Waals surface area (Å²) < 4.78 is 16.4. The Kier molecular flexibility index (Phi) is 5.53.